The normalized spacial score (nSPS) is 15.7. The van der Waals surface area contributed by atoms with Crippen LogP contribution in [0.25, 0.3) is 0 Å². The van der Waals surface area contributed by atoms with Crippen LogP contribution >= 0.6 is 0 Å². The maximum atomic E-state index is 11.8. The number of amides is 2. The molecule has 2 amide bonds. The lowest BCUT2D eigenvalue weighted by molar-refractivity contribution is -0.140. The second kappa shape index (κ2) is 10.4. The summed E-state index contributed by atoms with van der Waals surface area (Å²) in [5.41, 5.74) is 6.54. The summed E-state index contributed by atoms with van der Waals surface area (Å²) in [5, 5.41) is 16.2. The number of rotatable bonds is 3. The van der Waals surface area contributed by atoms with Crippen LogP contribution in [-0.2, 0) is 16.0 Å². The monoisotopic (exact) mass is 475 g/mol. The first kappa shape index (κ1) is 23.9. The van der Waals surface area contributed by atoms with Gasteiger partial charge in [0.2, 0.25) is 11.7 Å². The molecule has 3 heterocycles. The summed E-state index contributed by atoms with van der Waals surface area (Å²) in [6, 6.07) is 15.2. The van der Waals surface area contributed by atoms with Gasteiger partial charge in [0.1, 0.15) is 11.6 Å². The van der Waals surface area contributed by atoms with E-state index in [0.717, 1.165) is 11.1 Å². The molecule has 0 aliphatic carbocycles. The Labute approximate surface area is 202 Å². The lowest BCUT2D eigenvalue weighted by atomic mass is 10.0. The molecule has 0 saturated carbocycles. The average Bonchev–Trinajstić information content (AvgIpc) is 3.26. The first-order valence-corrected chi connectivity index (χ1v) is 10.9. The Bertz CT molecular complexity index is 1270. The molecule has 0 unspecified atom stereocenters. The minimum atomic E-state index is -1.04. The molecule has 2 aliphatic rings. The Morgan fingerprint density at radius 2 is 2.03 bits per heavy atom. The highest BCUT2D eigenvalue weighted by Crippen LogP contribution is 2.31. The van der Waals surface area contributed by atoms with E-state index in [4.69, 9.17) is 15.2 Å². The van der Waals surface area contributed by atoms with E-state index in [2.05, 4.69) is 27.0 Å². The molecule has 0 atom stereocenters. The Morgan fingerprint density at radius 1 is 1.26 bits per heavy atom. The van der Waals surface area contributed by atoms with E-state index in [0.29, 0.717) is 36.7 Å². The Balaban J connectivity index is 0.000000172. The molecule has 0 spiro atoms. The van der Waals surface area contributed by atoms with E-state index in [-0.39, 0.29) is 24.9 Å². The van der Waals surface area contributed by atoms with Gasteiger partial charge in [-0.15, -0.1) is 5.10 Å². The minimum absolute atomic E-state index is 0.0138. The smallest absolute Gasteiger partial charge is 0.288 e. The van der Waals surface area contributed by atoms with Crippen molar-refractivity contribution in [3.63, 3.8) is 0 Å². The fourth-order valence-electron chi connectivity index (χ4n) is 3.36. The third kappa shape index (κ3) is 6.03. The zero-order valence-electron chi connectivity index (χ0n) is 19.2. The highest BCUT2D eigenvalue weighted by atomic mass is 16.5. The Hall–Kier alpha value is -4.20. The number of aliphatic hydroxyl groups is 1. The van der Waals surface area contributed by atoms with Gasteiger partial charge in [-0.3, -0.25) is 14.7 Å². The number of nitrogens with zero attached hydrogens (tertiary/aromatic N) is 3. The highest BCUT2D eigenvalue weighted by molar-refractivity contribution is 5.95. The molecular weight excluding hydrogens is 450 g/mol. The molecule has 5 rings (SSSR count). The molecule has 35 heavy (non-hydrogen) atoms. The third-order valence-corrected chi connectivity index (χ3v) is 5.36. The molecule has 10 nitrogen and oxygen atoms in total. The molecule has 0 radical (unpaired) electrons. The van der Waals surface area contributed by atoms with Crippen molar-refractivity contribution in [2.45, 2.75) is 18.4 Å². The van der Waals surface area contributed by atoms with Crippen molar-refractivity contribution < 1.29 is 24.2 Å². The number of aromatic nitrogens is 3. The average molecular weight is 476 g/mol. The summed E-state index contributed by atoms with van der Waals surface area (Å²) < 4.78 is 10.5. The molecule has 4 N–H and O–H groups in total. The van der Waals surface area contributed by atoms with Crippen LogP contribution in [0.15, 0.2) is 48.5 Å². The van der Waals surface area contributed by atoms with Crippen LogP contribution in [-0.4, -0.2) is 64.6 Å². The molecular formula is C25H25N5O5. The van der Waals surface area contributed by atoms with Crippen molar-refractivity contribution in [1.29, 1.82) is 0 Å². The van der Waals surface area contributed by atoms with Gasteiger partial charge in [-0.1, -0.05) is 42.2 Å². The van der Waals surface area contributed by atoms with Gasteiger partial charge < -0.3 is 25.2 Å². The van der Waals surface area contributed by atoms with Crippen molar-refractivity contribution >= 4 is 17.5 Å². The van der Waals surface area contributed by atoms with Crippen LogP contribution in [0.4, 0.5) is 5.69 Å². The van der Waals surface area contributed by atoms with Gasteiger partial charge in [-0.05, 0) is 23.8 Å². The molecule has 0 bridgehead atoms. The largest absolute Gasteiger partial charge is 0.491 e. The third-order valence-electron chi connectivity index (χ3n) is 5.36. The predicted molar refractivity (Wildman–Crippen MR) is 127 cm³/mol. The maximum absolute atomic E-state index is 11.8. The van der Waals surface area contributed by atoms with Crippen molar-refractivity contribution in [3.05, 3.63) is 71.3 Å². The summed E-state index contributed by atoms with van der Waals surface area (Å²) in [4.78, 5) is 28.1. The first-order valence-electron chi connectivity index (χ1n) is 10.9. The molecule has 10 heteroatoms. The van der Waals surface area contributed by atoms with E-state index >= 15 is 0 Å². The number of primary amides is 1. The second-order valence-electron chi connectivity index (χ2n) is 8.14. The number of anilines is 1. The van der Waals surface area contributed by atoms with Crippen LogP contribution in [0.2, 0.25) is 0 Å². The molecule has 1 fully saturated rings. The summed E-state index contributed by atoms with van der Waals surface area (Å²) in [6.07, 6.45) is 0.977. The standard InChI is InChI=1S/C15H15NO4.C10H10N4O/c1-16-12-8-11(4-6-15(18)9-19-10-15)2-3-13(12)20-7-5-14(16)17;11-9(15)10-12-8(13-14-10)6-7-4-2-1-3-5-7/h2-3,8,18H,5,7,9-10H2,1H3;1-5H,6H2,(H2,11,15)(H,12,13,14). The number of nitrogens with one attached hydrogen (secondary N) is 1. The molecule has 2 aliphatic heterocycles. The van der Waals surface area contributed by atoms with Gasteiger partial charge in [0.25, 0.3) is 5.91 Å². The number of nitrogens with two attached hydrogens (primary N) is 1. The van der Waals surface area contributed by atoms with E-state index < -0.39 is 11.5 Å². The quantitative estimate of drug-likeness (QED) is 0.480. The maximum Gasteiger partial charge on any atom is 0.288 e. The fraction of sp³-hybridized carbons (Fsp3) is 0.280. The van der Waals surface area contributed by atoms with Crippen molar-refractivity contribution in [3.8, 4) is 17.6 Å². The summed E-state index contributed by atoms with van der Waals surface area (Å²) in [7, 11) is 1.72. The minimum Gasteiger partial charge on any atom is -0.491 e. The highest BCUT2D eigenvalue weighted by Gasteiger charge is 2.33. The van der Waals surface area contributed by atoms with E-state index in [1.807, 2.05) is 36.4 Å². The van der Waals surface area contributed by atoms with Gasteiger partial charge in [0.05, 0.1) is 31.9 Å². The van der Waals surface area contributed by atoms with Crippen molar-refractivity contribution in [2.24, 2.45) is 5.73 Å². The zero-order chi connectivity index (χ0) is 24.8. The fourth-order valence-corrected chi connectivity index (χ4v) is 3.36. The number of hydrogen-bond acceptors (Lipinski definition) is 7. The van der Waals surface area contributed by atoms with Gasteiger partial charge in [0, 0.05) is 19.0 Å². The predicted octanol–water partition coefficient (Wildman–Crippen LogP) is 1.04. The number of ether oxygens (including phenoxy) is 2. The van der Waals surface area contributed by atoms with Crippen LogP contribution in [0.5, 0.6) is 5.75 Å². The molecule has 180 valence electrons. The number of hydrogen-bond donors (Lipinski definition) is 3. The lowest BCUT2D eigenvalue weighted by Gasteiger charge is -2.30. The molecule has 1 saturated heterocycles. The van der Waals surface area contributed by atoms with Crippen LogP contribution in [0.1, 0.15) is 34.0 Å². The Morgan fingerprint density at radius 3 is 2.69 bits per heavy atom. The van der Waals surface area contributed by atoms with Crippen LogP contribution in [0, 0.1) is 11.8 Å². The van der Waals surface area contributed by atoms with Gasteiger partial charge in [-0.2, -0.15) is 0 Å². The van der Waals surface area contributed by atoms with Gasteiger partial charge in [-0.25, -0.2) is 4.98 Å². The second-order valence-corrected chi connectivity index (χ2v) is 8.14. The van der Waals surface area contributed by atoms with Gasteiger partial charge in [0.15, 0.2) is 5.60 Å². The number of carbonyl (C=O) groups excluding carboxylic acids is 2. The first-order chi connectivity index (χ1) is 16.8. The van der Waals surface area contributed by atoms with E-state index in [1.165, 1.54) is 0 Å². The topological polar surface area (TPSA) is 144 Å². The molecule has 1 aromatic heterocycles. The van der Waals surface area contributed by atoms with E-state index in [9.17, 15) is 14.7 Å². The summed E-state index contributed by atoms with van der Waals surface area (Å²) >= 11 is 0. The van der Waals surface area contributed by atoms with Gasteiger partial charge >= 0.3 is 0 Å². The number of aromatic amines is 1. The molecule has 3 aromatic rings. The zero-order valence-corrected chi connectivity index (χ0v) is 19.2. The van der Waals surface area contributed by atoms with Crippen LogP contribution < -0.4 is 15.4 Å². The Kier molecular flexibility index (Phi) is 7.10. The SMILES string of the molecule is CN1C(=O)CCOc2ccc(C#CC3(O)COC3)cc21.NC(=O)c1n[nH]c(Cc2ccccc2)n1. The summed E-state index contributed by atoms with van der Waals surface area (Å²) in [5.74, 6) is 6.45. The molecule has 2 aromatic carbocycles. The van der Waals surface area contributed by atoms with Crippen LogP contribution in [0.3, 0.4) is 0 Å². The number of benzene rings is 2. The number of fused-ring (bicyclic) bond motifs is 1. The number of H-pyrrole nitrogens is 1. The lowest BCUT2D eigenvalue weighted by Crippen LogP contribution is -2.48. The van der Waals surface area contributed by atoms with E-state index in [1.54, 1.807) is 24.1 Å². The van der Waals surface area contributed by atoms with Crippen molar-refractivity contribution in [2.75, 3.05) is 31.8 Å². The van der Waals surface area contributed by atoms with Crippen molar-refractivity contribution in [1.82, 2.24) is 15.2 Å². The number of carbonyl (C=O) groups is 2. The summed E-state index contributed by atoms with van der Waals surface area (Å²) in [6.45, 7) is 0.872.